The van der Waals surface area contributed by atoms with Crippen molar-refractivity contribution < 1.29 is 14.3 Å². The number of hydrogen-bond donors (Lipinski definition) is 2. The van der Waals surface area contributed by atoms with Crippen LogP contribution in [0.5, 0.6) is 0 Å². The van der Waals surface area contributed by atoms with Crippen molar-refractivity contribution in [1.29, 1.82) is 0 Å². The number of carboxylic acids is 1. The molecule has 88 valence electrons. The monoisotopic (exact) mass is 227 g/mol. The highest BCUT2D eigenvalue weighted by Gasteiger charge is 2.13. The lowest BCUT2D eigenvalue weighted by Gasteiger charge is -2.15. The average Bonchev–Trinajstić information content (AvgIpc) is 2.21. The number of anilines is 1. The van der Waals surface area contributed by atoms with Crippen LogP contribution in [-0.2, 0) is 4.79 Å². The van der Waals surface area contributed by atoms with E-state index in [1.54, 1.807) is 0 Å². The summed E-state index contributed by atoms with van der Waals surface area (Å²) in [5.41, 5.74) is 0. The van der Waals surface area contributed by atoms with E-state index in [9.17, 15) is 9.18 Å². The van der Waals surface area contributed by atoms with Gasteiger partial charge in [0.2, 0.25) is 5.95 Å². The Morgan fingerprint density at radius 1 is 1.56 bits per heavy atom. The predicted molar refractivity (Wildman–Crippen MR) is 56.6 cm³/mol. The van der Waals surface area contributed by atoms with Gasteiger partial charge in [-0.2, -0.15) is 0 Å². The summed E-state index contributed by atoms with van der Waals surface area (Å²) in [6.45, 7) is 1.96. The molecule has 0 amide bonds. The van der Waals surface area contributed by atoms with Gasteiger partial charge in [-0.05, 0) is 6.42 Å². The Balaban J connectivity index is 2.59. The van der Waals surface area contributed by atoms with Crippen molar-refractivity contribution in [2.45, 2.75) is 32.2 Å². The van der Waals surface area contributed by atoms with Gasteiger partial charge in [-0.1, -0.05) is 13.3 Å². The number of halogens is 1. The topological polar surface area (TPSA) is 75.1 Å². The Kier molecular flexibility index (Phi) is 4.63. The number of hydrogen-bond acceptors (Lipinski definition) is 4. The lowest BCUT2D eigenvalue weighted by Crippen LogP contribution is -2.24. The SMILES string of the molecule is CCCC(CC(=O)O)Nc1ncc(F)cn1. The van der Waals surface area contributed by atoms with Crippen molar-refractivity contribution in [3.8, 4) is 0 Å². The van der Waals surface area contributed by atoms with Gasteiger partial charge >= 0.3 is 5.97 Å². The van der Waals surface area contributed by atoms with E-state index in [1.165, 1.54) is 0 Å². The smallest absolute Gasteiger partial charge is 0.305 e. The minimum absolute atomic E-state index is 0.00538. The summed E-state index contributed by atoms with van der Waals surface area (Å²) < 4.78 is 12.5. The van der Waals surface area contributed by atoms with Crippen molar-refractivity contribution in [3.05, 3.63) is 18.2 Å². The summed E-state index contributed by atoms with van der Waals surface area (Å²) in [6.07, 6.45) is 3.63. The standard InChI is InChI=1S/C10H14FN3O2/c1-2-3-8(4-9(15)16)14-10-12-5-7(11)6-13-10/h5-6,8H,2-4H2,1H3,(H,15,16)(H,12,13,14). The number of carboxylic acid groups (broad SMARTS) is 1. The number of nitrogens with one attached hydrogen (secondary N) is 1. The largest absolute Gasteiger partial charge is 0.481 e. The molecule has 0 bridgehead atoms. The highest BCUT2D eigenvalue weighted by atomic mass is 19.1. The number of aliphatic carboxylic acids is 1. The van der Waals surface area contributed by atoms with Gasteiger partial charge in [0, 0.05) is 6.04 Å². The third-order valence-corrected chi connectivity index (χ3v) is 2.01. The van der Waals surface area contributed by atoms with Crippen LogP contribution >= 0.6 is 0 Å². The molecule has 0 fully saturated rings. The minimum Gasteiger partial charge on any atom is -0.481 e. The molecule has 2 N–H and O–H groups in total. The molecule has 1 rings (SSSR count). The van der Waals surface area contributed by atoms with E-state index in [0.29, 0.717) is 6.42 Å². The van der Waals surface area contributed by atoms with Crippen molar-refractivity contribution >= 4 is 11.9 Å². The van der Waals surface area contributed by atoms with Crippen LogP contribution in [0, 0.1) is 5.82 Å². The van der Waals surface area contributed by atoms with Gasteiger partial charge in [-0.3, -0.25) is 4.79 Å². The molecule has 0 aliphatic rings. The first-order valence-corrected chi connectivity index (χ1v) is 5.07. The fraction of sp³-hybridized carbons (Fsp3) is 0.500. The molecule has 0 radical (unpaired) electrons. The van der Waals surface area contributed by atoms with Crippen molar-refractivity contribution in [2.24, 2.45) is 0 Å². The molecule has 0 aromatic carbocycles. The lowest BCUT2D eigenvalue weighted by atomic mass is 10.1. The van der Waals surface area contributed by atoms with Crippen LogP contribution in [0.2, 0.25) is 0 Å². The van der Waals surface area contributed by atoms with Crippen LogP contribution in [0.3, 0.4) is 0 Å². The highest BCUT2D eigenvalue weighted by molar-refractivity contribution is 5.68. The van der Waals surface area contributed by atoms with Gasteiger partial charge in [0.05, 0.1) is 18.8 Å². The minimum atomic E-state index is -0.881. The molecule has 6 heteroatoms. The normalized spacial score (nSPS) is 12.1. The van der Waals surface area contributed by atoms with Gasteiger partial charge in [0.1, 0.15) is 0 Å². The number of aromatic nitrogens is 2. The summed E-state index contributed by atoms with van der Waals surface area (Å²) in [4.78, 5) is 18.0. The summed E-state index contributed by atoms with van der Waals surface area (Å²) in [5.74, 6) is -1.15. The second kappa shape index (κ2) is 5.99. The van der Waals surface area contributed by atoms with Crippen LogP contribution in [-0.4, -0.2) is 27.1 Å². The Morgan fingerprint density at radius 3 is 2.69 bits per heavy atom. The third kappa shape index (κ3) is 4.20. The maximum atomic E-state index is 12.5. The molecule has 1 atom stereocenters. The quantitative estimate of drug-likeness (QED) is 0.773. The van der Waals surface area contributed by atoms with E-state index in [2.05, 4.69) is 15.3 Å². The molecular weight excluding hydrogens is 213 g/mol. The molecule has 0 saturated carbocycles. The average molecular weight is 227 g/mol. The van der Waals surface area contributed by atoms with Gasteiger partial charge in [-0.25, -0.2) is 14.4 Å². The third-order valence-electron chi connectivity index (χ3n) is 2.01. The number of nitrogens with zero attached hydrogens (tertiary/aromatic N) is 2. The fourth-order valence-electron chi connectivity index (χ4n) is 1.35. The Hall–Kier alpha value is -1.72. The summed E-state index contributed by atoms with van der Waals surface area (Å²) in [7, 11) is 0. The molecule has 1 unspecified atom stereocenters. The molecule has 16 heavy (non-hydrogen) atoms. The zero-order valence-corrected chi connectivity index (χ0v) is 8.98. The Labute approximate surface area is 92.7 Å². The summed E-state index contributed by atoms with van der Waals surface area (Å²) in [6, 6.07) is -0.229. The highest BCUT2D eigenvalue weighted by Crippen LogP contribution is 2.08. The molecular formula is C10H14FN3O2. The summed E-state index contributed by atoms with van der Waals surface area (Å²) >= 11 is 0. The predicted octanol–water partition coefficient (Wildman–Crippen LogP) is 1.67. The second-order valence-electron chi connectivity index (χ2n) is 3.45. The molecule has 1 aromatic rings. The maximum absolute atomic E-state index is 12.5. The van der Waals surface area contributed by atoms with Crippen LogP contribution < -0.4 is 5.32 Å². The number of carbonyl (C=O) groups is 1. The second-order valence-corrected chi connectivity index (χ2v) is 3.45. The van der Waals surface area contributed by atoms with Crippen molar-refractivity contribution in [1.82, 2.24) is 9.97 Å². The van der Waals surface area contributed by atoms with Gasteiger partial charge in [0.15, 0.2) is 5.82 Å². The summed E-state index contributed by atoms with van der Waals surface area (Å²) in [5, 5.41) is 11.6. The van der Waals surface area contributed by atoms with E-state index >= 15 is 0 Å². The Bertz CT molecular complexity index is 342. The van der Waals surface area contributed by atoms with Crippen LogP contribution in [0.15, 0.2) is 12.4 Å². The van der Waals surface area contributed by atoms with E-state index in [4.69, 9.17) is 5.11 Å². The van der Waals surface area contributed by atoms with Crippen molar-refractivity contribution in [3.63, 3.8) is 0 Å². The lowest BCUT2D eigenvalue weighted by molar-refractivity contribution is -0.137. The van der Waals surface area contributed by atoms with Gasteiger partial charge < -0.3 is 10.4 Å². The van der Waals surface area contributed by atoms with E-state index in [1.807, 2.05) is 6.92 Å². The zero-order valence-electron chi connectivity index (χ0n) is 8.98. The first-order valence-electron chi connectivity index (χ1n) is 5.07. The first kappa shape index (κ1) is 12.4. The molecule has 1 heterocycles. The molecule has 0 saturated heterocycles. The van der Waals surface area contributed by atoms with E-state index < -0.39 is 11.8 Å². The van der Waals surface area contributed by atoms with Crippen LogP contribution in [0.25, 0.3) is 0 Å². The van der Waals surface area contributed by atoms with Crippen LogP contribution in [0.1, 0.15) is 26.2 Å². The number of rotatable bonds is 6. The van der Waals surface area contributed by atoms with Gasteiger partial charge in [-0.15, -0.1) is 0 Å². The molecule has 5 nitrogen and oxygen atoms in total. The van der Waals surface area contributed by atoms with Gasteiger partial charge in [0.25, 0.3) is 0 Å². The fourth-order valence-corrected chi connectivity index (χ4v) is 1.35. The molecule has 0 aliphatic heterocycles. The van der Waals surface area contributed by atoms with E-state index in [0.717, 1.165) is 18.8 Å². The maximum Gasteiger partial charge on any atom is 0.305 e. The first-order chi connectivity index (χ1) is 7.61. The Morgan fingerprint density at radius 2 is 2.19 bits per heavy atom. The van der Waals surface area contributed by atoms with Crippen LogP contribution in [0.4, 0.5) is 10.3 Å². The van der Waals surface area contributed by atoms with Crippen molar-refractivity contribution in [2.75, 3.05) is 5.32 Å². The van der Waals surface area contributed by atoms with E-state index in [-0.39, 0.29) is 18.4 Å². The molecule has 1 aromatic heterocycles. The molecule has 0 spiro atoms. The zero-order chi connectivity index (χ0) is 12.0. The molecule has 0 aliphatic carbocycles.